The Morgan fingerprint density at radius 2 is 2.09 bits per heavy atom. The molecule has 120 valence electrons. The standard InChI is InChI=1S/C15H19NO5S/c1-2-10-3-4-11(15(18)19)7-14(10)22(20,21)16-8-9-5-12(16)13(17)6-9/h3-4,7,9,12-13,17H,2,5-6,8H2,1H3,(H,18,19)/t9-,12+,13+/m0/s1. The Morgan fingerprint density at radius 1 is 1.36 bits per heavy atom. The highest BCUT2D eigenvalue weighted by Gasteiger charge is 2.49. The van der Waals surface area contributed by atoms with Gasteiger partial charge in [-0.15, -0.1) is 0 Å². The zero-order valence-electron chi connectivity index (χ0n) is 12.3. The fraction of sp³-hybridized carbons (Fsp3) is 0.533. The van der Waals surface area contributed by atoms with Crippen molar-refractivity contribution in [3.05, 3.63) is 29.3 Å². The van der Waals surface area contributed by atoms with E-state index in [0.717, 1.165) is 0 Å². The van der Waals surface area contributed by atoms with Crippen molar-refractivity contribution in [1.29, 1.82) is 0 Å². The van der Waals surface area contributed by atoms with Gasteiger partial charge in [0.05, 0.1) is 22.6 Å². The maximum atomic E-state index is 12.9. The number of aliphatic hydroxyl groups excluding tert-OH is 1. The van der Waals surface area contributed by atoms with Gasteiger partial charge in [0, 0.05) is 6.54 Å². The number of benzene rings is 1. The second-order valence-electron chi connectivity index (χ2n) is 6.03. The zero-order valence-corrected chi connectivity index (χ0v) is 13.1. The molecular weight excluding hydrogens is 306 g/mol. The first-order chi connectivity index (χ1) is 10.3. The van der Waals surface area contributed by atoms with Crippen LogP contribution in [-0.2, 0) is 16.4 Å². The van der Waals surface area contributed by atoms with Crippen LogP contribution in [0.5, 0.6) is 0 Å². The Hall–Kier alpha value is -1.44. The monoisotopic (exact) mass is 325 g/mol. The van der Waals surface area contributed by atoms with E-state index in [2.05, 4.69) is 0 Å². The molecule has 1 aromatic rings. The van der Waals surface area contributed by atoms with Crippen molar-refractivity contribution in [2.24, 2.45) is 5.92 Å². The minimum absolute atomic E-state index is 0.0410. The number of fused-ring (bicyclic) bond motifs is 2. The predicted molar refractivity (Wildman–Crippen MR) is 79.2 cm³/mol. The van der Waals surface area contributed by atoms with E-state index in [1.807, 2.05) is 6.92 Å². The average Bonchev–Trinajstić information content (AvgIpc) is 3.05. The molecule has 3 atom stereocenters. The van der Waals surface area contributed by atoms with Crippen LogP contribution >= 0.6 is 0 Å². The van der Waals surface area contributed by atoms with Crippen LogP contribution in [0.15, 0.2) is 23.1 Å². The largest absolute Gasteiger partial charge is 0.478 e. The second kappa shape index (κ2) is 5.33. The first-order valence-electron chi connectivity index (χ1n) is 7.40. The van der Waals surface area contributed by atoms with E-state index in [9.17, 15) is 18.3 Å². The lowest BCUT2D eigenvalue weighted by molar-refractivity contribution is 0.0696. The fourth-order valence-corrected chi connectivity index (χ4v) is 5.63. The number of sulfonamides is 1. The van der Waals surface area contributed by atoms with Gasteiger partial charge in [0.15, 0.2) is 0 Å². The highest BCUT2D eigenvalue weighted by molar-refractivity contribution is 7.89. The molecular formula is C15H19NO5S. The molecule has 22 heavy (non-hydrogen) atoms. The Balaban J connectivity index is 2.05. The normalized spacial score (nSPS) is 28.2. The van der Waals surface area contributed by atoms with E-state index in [0.29, 0.717) is 31.4 Å². The molecule has 0 unspecified atom stereocenters. The Labute approximate surface area is 129 Å². The summed E-state index contributed by atoms with van der Waals surface area (Å²) in [6, 6.07) is 3.83. The summed E-state index contributed by atoms with van der Waals surface area (Å²) in [6.07, 6.45) is 1.20. The molecule has 1 aliphatic heterocycles. The number of aliphatic hydroxyl groups is 1. The Morgan fingerprint density at radius 3 is 2.64 bits per heavy atom. The lowest BCUT2D eigenvalue weighted by Crippen LogP contribution is -2.44. The maximum Gasteiger partial charge on any atom is 0.335 e. The summed E-state index contributed by atoms with van der Waals surface area (Å²) in [6.45, 7) is 2.24. The molecule has 0 radical (unpaired) electrons. The molecule has 2 N–H and O–H groups in total. The van der Waals surface area contributed by atoms with Crippen LogP contribution in [0.2, 0.25) is 0 Å². The molecule has 1 aliphatic carbocycles. The van der Waals surface area contributed by atoms with Gasteiger partial charge in [-0.3, -0.25) is 0 Å². The van der Waals surface area contributed by atoms with Gasteiger partial charge in [0.25, 0.3) is 0 Å². The van der Waals surface area contributed by atoms with E-state index >= 15 is 0 Å². The number of rotatable bonds is 4. The molecule has 1 saturated carbocycles. The minimum atomic E-state index is -3.79. The summed E-state index contributed by atoms with van der Waals surface area (Å²) in [5.41, 5.74) is 0.558. The Bertz CT molecular complexity index is 715. The molecule has 7 heteroatoms. The molecule has 2 aliphatic rings. The molecule has 2 bridgehead atoms. The smallest absolute Gasteiger partial charge is 0.335 e. The number of aromatic carboxylic acids is 1. The molecule has 2 fully saturated rings. The molecule has 3 rings (SSSR count). The molecule has 0 spiro atoms. The van der Waals surface area contributed by atoms with Crippen molar-refractivity contribution in [3.63, 3.8) is 0 Å². The van der Waals surface area contributed by atoms with E-state index in [1.54, 1.807) is 6.07 Å². The number of hydrogen-bond acceptors (Lipinski definition) is 4. The van der Waals surface area contributed by atoms with Crippen LogP contribution in [0.25, 0.3) is 0 Å². The number of piperidine rings is 1. The van der Waals surface area contributed by atoms with Crippen LogP contribution in [0.4, 0.5) is 0 Å². The van der Waals surface area contributed by atoms with Gasteiger partial charge in [0.1, 0.15) is 0 Å². The lowest BCUT2D eigenvalue weighted by atomic mass is 10.1. The first-order valence-corrected chi connectivity index (χ1v) is 8.84. The van der Waals surface area contributed by atoms with Crippen LogP contribution in [-0.4, -0.2) is 47.6 Å². The molecule has 1 aromatic carbocycles. The van der Waals surface area contributed by atoms with E-state index in [4.69, 9.17) is 5.11 Å². The van der Waals surface area contributed by atoms with Gasteiger partial charge >= 0.3 is 5.97 Å². The summed E-state index contributed by atoms with van der Waals surface area (Å²) in [7, 11) is -3.79. The maximum absolute atomic E-state index is 12.9. The van der Waals surface area contributed by atoms with E-state index in [-0.39, 0.29) is 22.4 Å². The number of carboxylic acids is 1. The van der Waals surface area contributed by atoms with E-state index in [1.165, 1.54) is 16.4 Å². The van der Waals surface area contributed by atoms with Crippen LogP contribution in [0.1, 0.15) is 35.7 Å². The lowest BCUT2D eigenvalue weighted by Gasteiger charge is -2.30. The van der Waals surface area contributed by atoms with Gasteiger partial charge < -0.3 is 10.2 Å². The summed E-state index contributed by atoms with van der Waals surface area (Å²) in [5.74, 6) is -0.954. The van der Waals surface area contributed by atoms with Crippen molar-refractivity contribution in [3.8, 4) is 0 Å². The summed E-state index contributed by atoms with van der Waals surface area (Å²) >= 11 is 0. The van der Waals surface area contributed by atoms with Crippen LogP contribution < -0.4 is 0 Å². The van der Waals surface area contributed by atoms with E-state index < -0.39 is 22.1 Å². The highest BCUT2D eigenvalue weighted by atomic mass is 32.2. The average molecular weight is 325 g/mol. The third kappa shape index (κ3) is 2.33. The third-order valence-corrected chi connectivity index (χ3v) is 6.66. The quantitative estimate of drug-likeness (QED) is 0.864. The highest BCUT2D eigenvalue weighted by Crippen LogP contribution is 2.41. The SMILES string of the molecule is CCc1ccc(C(=O)O)cc1S(=O)(=O)N1C[C@@H]2C[C@@H](O)[C@H]1C2. The van der Waals surface area contributed by atoms with Crippen molar-refractivity contribution in [2.75, 3.05) is 6.54 Å². The number of carboxylic acid groups (broad SMARTS) is 1. The first kappa shape index (κ1) is 15.5. The number of hydrogen-bond donors (Lipinski definition) is 2. The third-order valence-electron chi connectivity index (χ3n) is 4.68. The number of nitrogens with zero attached hydrogens (tertiary/aromatic N) is 1. The van der Waals surface area contributed by atoms with Crippen LogP contribution in [0, 0.1) is 5.92 Å². The topological polar surface area (TPSA) is 94.9 Å². The summed E-state index contributed by atoms with van der Waals surface area (Å²) in [5, 5.41) is 19.1. The number of aryl methyl sites for hydroxylation is 1. The second-order valence-corrected chi connectivity index (χ2v) is 7.89. The van der Waals surface area contributed by atoms with Crippen molar-refractivity contribution in [2.45, 2.75) is 43.2 Å². The van der Waals surface area contributed by atoms with Gasteiger partial charge in [-0.1, -0.05) is 13.0 Å². The minimum Gasteiger partial charge on any atom is -0.478 e. The summed E-state index contributed by atoms with van der Waals surface area (Å²) in [4.78, 5) is 11.2. The molecule has 0 aromatic heterocycles. The van der Waals surface area contributed by atoms with Gasteiger partial charge in [0.2, 0.25) is 10.0 Å². The van der Waals surface area contributed by atoms with Gasteiger partial charge in [-0.05, 0) is 42.9 Å². The zero-order chi connectivity index (χ0) is 16.1. The molecule has 1 saturated heterocycles. The van der Waals surface area contributed by atoms with Gasteiger partial charge in [-0.2, -0.15) is 4.31 Å². The predicted octanol–water partition coefficient (Wildman–Crippen LogP) is 1.09. The van der Waals surface area contributed by atoms with Gasteiger partial charge in [-0.25, -0.2) is 13.2 Å². The molecule has 1 heterocycles. The fourth-order valence-electron chi connectivity index (χ4n) is 3.56. The van der Waals surface area contributed by atoms with Crippen LogP contribution in [0.3, 0.4) is 0 Å². The molecule has 0 amide bonds. The summed E-state index contributed by atoms with van der Waals surface area (Å²) < 4.78 is 27.2. The molecule has 6 nitrogen and oxygen atoms in total. The van der Waals surface area contributed by atoms with Crippen molar-refractivity contribution < 1.29 is 23.4 Å². The van der Waals surface area contributed by atoms with Crippen molar-refractivity contribution in [1.82, 2.24) is 4.31 Å². The van der Waals surface area contributed by atoms with Crippen molar-refractivity contribution >= 4 is 16.0 Å². The number of carbonyl (C=O) groups is 1. The Kier molecular flexibility index (Phi) is 3.74.